The van der Waals surface area contributed by atoms with Crippen LogP contribution in [0.25, 0.3) is 0 Å². The second-order valence-electron chi connectivity index (χ2n) is 5.29. The molecule has 0 aromatic carbocycles. The predicted molar refractivity (Wildman–Crippen MR) is 64.8 cm³/mol. The van der Waals surface area contributed by atoms with Crippen molar-refractivity contribution in [3.05, 3.63) is 23.3 Å². The van der Waals surface area contributed by atoms with E-state index in [0.29, 0.717) is 6.42 Å². The maximum absolute atomic E-state index is 11.0. The van der Waals surface area contributed by atoms with Crippen LogP contribution in [0.1, 0.15) is 53.4 Å². The fourth-order valence-corrected chi connectivity index (χ4v) is 2.08. The van der Waals surface area contributed by atoms with Crippen LogP contribution in [0.2, 0.25) is 0 Å². The van der Waals surface area contributed by atoms with E-state index in [0.717, 1.165) is 0 Å². The summed E-state index contributed by atoms with van der Waals surface area (Å²) in [6, 6.07) is 0. The molecular formula is C14H22O. The van der Waals surface area contributed by atoms with Gasteiger partial charge in [-0.25, -0.2) is 0 Å². The molecule has 0 radical (unpaired) electrons. The maximum Gasteiger partial charge on any atom is 0.133 e. The van der Waals surface area contributed by atoms with Gasteiger partial charge in [0.25, 0.3) is 0 Å². The Balaban J connectivity index is 2.92. The average Bonchev–Trinajstić information content (AvgIpc) is 2.22. The molecule has 0 atom stereocenters. The normalized spacial score (nSPS) is 23.5. The number of hydrogen-bond donors (Lipinski definition) is 0. The van der Waals surface area contributed by atoms with Gasteiger partial charge in [0, 0.05) is 6.42 Å². The molecule has 0 heterocycles. The van der Waals surface area contributed by atoms with Gasteiger partial charge in [-0.2, -0.15) is 0 Å². The van der Waals surface area contributed by atoms with E-state index in [-0.39, 0.29) is 11.2 Å². The van der Waals surface area contributed by atoms with Crippen LogP contribution >= 0.6 is 0 Å². The Hall–Kier alpha value is -0.850. The molecule has 1 heteroatoms. The van der Waals surface area contributed by atoms with Crippen molar-refractivity contribution in [3.8, 4) is 0 Å². The van der Waals surface area contributed by atoms with Gasteiger partial charge < -0.3 is 0 Å². The van der Waals surface area contributed by atoms with Crippen LogP contribution in [0.15, 0.2) is 23.3 Å². The average molecular weight is 206 g/mol. The zero-order valence-electron chi connectivity index (χ0n) is 10.4. The minimum atomic E-state index is 0.229. The Morgan fingerprint density at radius 1 is 1.53 bits per heavy atom. The molecule has 1 aliphatic rings. The van der Waals surface area contributed by atoms with Crippen LogP contribution in [0.3, 0.4) is 0 Å². The molecular weight excluding hydrogens is 184 g/mol. The lowest BCUT2D eigenvalue weighted by molar-refractivity contribution is -0.116. The summed E-state index contributed by atoms with van der Waals surface area (Å²) in [5.74, 6) is 0.244. The van der Waals surface area contributed by atoms with Crippen molar-refractivity contribution in [2.75, 3.05) is 0 Å². The molecule has 1 aliphatic carbocycles. The molecule has 0 saturated heterocycles. The van der Waals surface area contributed by atoms with Crippen molar-refractivity contribution in [3.63, 3.8) is 0 Å². The van der Waals surface area contributed by atoms with Gasteiger partial charge >= 0.3 is 0 Å². The van der Waals surface area contributed by atoms with Crippen LogP contribution < -0.4 is 0 Å². The van der Waals surface area contributed by atoms with E-state index in [1.165, 1.54) is 30.4 Å². The van der Waals surface area contributed by atoms with Crippen LogP contribution in [0.4, 0.5) is 0 Å². The van der Waals surface area contributed by atoms with Crippen molar-refractivity contribution in [1.29, 1.82) is 0 Å². The molecule has 84 valence electrons. The number of rotatable bonds is 2. The van der Waals surface area contributed by atoms with Gasteiger partial charge in [-0.15, -0.1) is 0 Å². The summed E-state index contributed by atoms with van der Waals surface area (Å²) in [5.41, 5.74) is 3.01. The Kier molecular flexibility index (Phi) is 3.90. The quantitative estimate of drug-likeness (QED) is 0.666. The van der Waals surface area contributed by atoms with Gasteiger partial charge in [0.1, 0.15) is 5.78 Å². The fourth-order valence-electron chi connectivity index (χ4n) is 2.08. The first-order valence-electron chi connectivity index (χ1n) is 5.79. The van der Waals surface area contributed by atoms with Crippen molar-refractivity contribution in [2.45, 2.75) is 53.4 Å². The lowest BCUT2D eigenvalue weighted by Crippen LogP contribution is -2.12. The smallest absolute Gasteiger partial charge is 0.133 e. The molecule has 0 bridgehead atoms. The summed E-state index contributed by atoms with van der Waals surface area (Å²) in [6.07, 6.45) is 8.62. The highest BCUT2D eigenvalue weighted by molar-refractivity contribution is 5.77. The first-order chi connectivity index (χ1) is 6.92. The van der Waals surface area contributed by atoms with E-state index in [1.54, 1.807) is 6.92 Å². The summed E-state index contributed by atoms with van der Waals surface area (Å²) in [6.45, 7) is 8.38. The molecule has 0 aromatic rings. The second kappa shape index (κ2) is 4.78. The predicted octanol–water partition coefficient (Wildman–Crippen LogP) is 4.05. The van der Waals surface area contributed by atoms with E-state index in [4.69, 9.17) is 0 Å². The van der Waals surface area contributed by atoms with Crippen molar-refractivity contribution in [2.24, 2.45) is 5.41 Å². The molecule has 0 saturated carbocycles. The minimum Gasteiger partial charge on any atom is -0.300 e. The van der Waals surface area contributed by atoms with E-state index in [2.05, 4.69) is 32.9 Å². The van der Waals surface area contributed by atoms with Crippen molar-refractivity contribution >= 4 is 5.78 Å². The van der Waals surface area contributed by atoms with Crippen LogP contribution in [0.5, 0.6) is 0 Å². The second-order valence-corrected chi connectivity index (χ2v) is 5.29. The first-order valence-corrected chi connectivity index (χ1v) is 5.79. The van der Waals surface area contributed by atoms with Crippen LogP contribution in [-0.2, 0) is 4.79 Å². The number of allylic oxidation sites excluding steroid dienone is 4. The lowest BCUT2D eigenvalue weighted by Gasteiger charge is -2.24. The molecule has 1 nitrogen and oxygen atoms in total. The van der Waals surface area contributed by atoms with Gasteiger partial charge in [-0.05, 0) is 44.1 Å². The number of ketones is 1. The van der Waals surface area contributed by atoms with Crippen LogP contribution in [-0.4, -0.2) is 5.78 Å². The zero-order valence-corrected chi connectivity index (χ0v) is 10.4. The third-order valence-corrected chi connectivity index (χ3v) is 3.17. The summed E-state index contributed by atoms with van der Waals surface area (Å²) in [4.78, 5) is 11.0. The SMILES string of the molecule is CC(=O)C/C=C1\C=C(C)CCCC1(C)C. The number of Topliss-reactive ketones (excluding diaryl/α,β-unsaturated/α-hetero) is 1. The van der Waals surface area contributed by atoms with Crippen LogP contribution in [0, 0.1) is 5.41 Å². The standard InChI is InChI=1S/C14H22O/c1-11-6-5-9-14(3,4)13(10-11)8-7-12(2)15/h8,10H,5-7,9H2,1-4H3/b13-8+. The Morgan fingerprint density at radius 3 is 2.80 bits per heavy atom. The summed E-state index contributed by atoms with van der Waals surface area (Å²) < 4.78 is 0. The number of carbonyl (C=O) groups is 1. The highest BCUT2D eigenvalue weighted by Crippen LogP contribution is 2.37. The van der Waals surface area contributed by atoms with Gasteiger partial charge in [-0.3, -0.25) is 4.79 Å². The Bertz CT molecular complexity index is 305. The summed E-state index contributed by atoms with van der Waals surface area (Å²) >= 11 is 0. The van der Waals surface area contributed by atoms with E-state index in [9.17, 15) is 4.79 Å². The maximum atomic E-state index is 11.0. The molecule has 0 unspecified atom stereocenters. The van der Waals surface area contributed by atoms with E-state index in [1.807, 2.05) is 0 Å². The van der Waals surface area contributed by atoms with Gasteiger partial charge in [0.15, 0.2) is 0 Å². The summed E-state index contributed by atoms with van der Waals surface area (Å²) in [5, 5.41) is 0. The Labute approximate surface area is 93.3 Å². The third-order valence-electron chi connectivity index (χ3n) is 3.17. The molecule has 1 rings (SSSR count). The zero-order chi connectivity index (χ0) is 11.5. The highest BCUT2D eigenvalue weighted by atomic mass is 16.1. The molecule has 15 heavy (non-hydrogen) atoms. The monoisotopic (exact) mass is 206 g/mol. The largest absolute Gasteiger partial charge is 0.300 e. The van der Waals surface area contributed by atoms with Gasteiger partial charge in [0.2, 0.25) is 0 Å². The topological polar surface area (TPSA) is 17.1 Å². The molecule has 0 N–H and O–H groups in total. The minimum absolute atomic E-state index is 0.229. The summed E-state index contributed by atoms with van der Waals surface area (Å²) in [7, 11) is 0. The molecule has 0 aliphatic heterocycles. The molecule has 0 fully saturated rings. The fraction of sp³-hybridized carbons (Fsp3) is 0.643. The van der Waals surface area contributed by atoms with Crippen molar-refractivity contribution < 1.29 is 4.79 Å². The third kappa shape index (κ3) is 3.65. The number of carbonyl (C=O) groups excluding carboxylic acids is 1. The molecule has 0 spiro atoms. The van der Waals surface area contributed by atoms with Gasteiger partial charge in [-0.1, -0.05) is 31.6 Å². The molecule has 0 amide bonds. The van der Waals surface area contributed by atoms with Crippen molar-refractivity contribution in [1.82, 2.24) is 0 Å². The highest BCUT2D eigenvalue weighted by Gasteiger charge is 2.23. The number of hydrogen-bond acceptors (Lipinski definition) is 1. The van der Waals surface area contributed by atoms with E-state index >= 15 is 0 Å². The van der Waals surface area contributed by atoms with Gasteiger partial charge in [0.05, 0.1) is 0 Å². The molecule has 0 aromatic heterocycles. The lowest BCUT2D eigenvalue weighted by atomic mass is 9.80. The van der Waals surface area contributed by atoms with E-state index < -0.39 is 0 Å². The Morgan fingerprint density at radius 2 is 2.20 bits per heavy atom. The first kappa shape index (κ1) is 12.2.